The number of hydrogen-bond acceptors (Lipinski definition) is 2. The van der Waals surface area contributed by atoms with Crippen molar-refractivity contribution >= 4 is 29.2 Å². The van der Waals surface area contributed by atoms with Crippen molar-refractivity contribution in [3.8, 4) is 11.1 Å². The largest absolute Gasteiger partial charge is 0.481 e. The summed E-state index contributed by atoms with van der Waals surface area (Å²) in [6.07, 6.45) is 0.651. The summed E-state index contributed by atoms with van der Waals surface area (Å²) < 4.78 is 13.3. The Kier molecular flexibility index (Phi) is 4.02. The van der Waals surface area contributed by atoms with Gasteiger partial charge in [0.05, 0.1) is 18.3 Å². The van der Waals surface area contributed by atoms with Crippen LogP contribution in [0.3, 0.4) is 0 Å². The number of benzene rings is 1. The van der Waals surface area contributed by atoms with Gasteiger partial charge in [-0.15, -0.1) is 0 Å². The summed E-state index contributed by atoms with van der Waals surface area (Å²) in [6, 6.07) is 5.90. The third kappa shape index (κ3) is 3.22. The third-order valence-electron chi connectivity index (χ3n) is 2.47. The van der Waals surface area contributed by atoms with Crippen molar-refractivity contribution in [2.45, 2.75) is 6.42 Å². The molecule has 98 valence electrons. The Bertz CT molecular complexity index is 647. The van der Waals surface area contributed by atoms with Crippen LogP contribution >= 0.6 is 23.2 Å². The predicted octanol–water partition coefficient (Wildman–Crippen LogP) is 3.82. The molecule has 1 N–H and O–H groups in total. The van der Waals surface area contributed by atoms with Crippen LogP contribution in [0.5, 0.6) is 0 Å². The van der Waals surface area contributed by atoms with Gasteiger partial charge in [-0.1, -0.05) is 23.2 Å². The average molecular weight is 300 g/mol. The van der Waals surface area contributed by atoms with Crippen molar-refractivity contribution in [1.82, 2.24) is 4.98 Å². The van der Waals surface area contributed by atoms with Crippen molar-refractivity contribution < 1.29 is 14.3 Å². The van der Waals surface area contributed by atoms with Crippen molar-refractivity contribution in [2.75, 3.05) is 0 Å². The quantitative estimate of drug-likeness (QED) is 0.937. The number of aromatic nitrogens is 1. The molecule has 0 atom stereocenters. The third-order valence-corrected chi connectivity index (χ3v) is 3.04. The fraction of sp³-hybridized carbons (Fsp3) is 0.0769. The number of carbonyl (C=O) groups is 1. The second-order valence-electron chi connectivity index (χ2n) is 3.84. The van der Waals surface area contributed by atoms with Gasteiger partial charge in [0.2, 0.25) is 0 Å². The number of rotatable bonds is 3. The van der Waals surface area contributed by atoms with Crippen LogP contribution in [0.15, 0.2) is 30.5 Å². The van der Waals surface area contributed by atoms with E-state index >= 15 is 0 Å². The first kappa shape index (κ1) is 13.8. The Morgan fingerprint density at radius 1 is 1.26 bits per heavy atom. The fourth-order valence-electron chi connectivity index (χ4n) is 1.69. The SMILES string of the molecule is O=C(O)Cc1ncc(F)cc1-c1cc(Cl)ccc1Cl. The first-order valence-electron chi connectivity index (χ1n) is 5.29. The molecule has 0 radical (unpaired) electrons. The highest BCUT2D eigenvalue weighted by atomic mass is 35.5. The number of carboxylic acids is 1. The van der Waals surface area contributed by atoms with Gasteiger partial charge < -0.3 is 5.11 Å². The lowest BCUT2D eigenvalue weighted by molar-refractivity contribution is -0.136. The summed E-state index contributed by atoms with van der Waals surface area (Å²) in [7, 11) is 0. The van der Waals surface area contributed by atoms with Gasteiger partial charge in [0, 0.05) is 21.2 Å². The lowest BCUT2D eigenvalue weighted by Gasteiger charge is -2.09. The van der Waals surface area contributed by atoms with Gasteiger partial charge in [-0.25, -0.2) is 4.39 Å². The molecule has 0 aliphatic rings. The second-order valence-corrected chi connectivity index (χ2v) is 4.69. The number of carboxylic acid groups (broad SMARTS) is 1. The molecular formula is C13H8Cl2FNO2. The van der Waals surface area contributed by atoms with Gasteiger partial charge in [-0.2, -0.15) is 0 Å². The van der Waals surface area contributed by atoms with Gasteiger partial charge in [-0.3, -0.25) is 9.78 Å². The minimum atomic E-state index is -1.06. The van der Waals surface area contributed by atoms with Gasteiger partial charge in [0.15, 0.2) is 0 Å². The maximum absolute atomic E-state index is 13.3. The lowest BCUT2D eigenvalue weighted by atomic mass is 10.0. The zero-order valence-electron chi connectivity index (χ0n) is 9.53. The molecule has 0 amide bonds. The molecule has 2 aromatic rings. The predicted molar refractivity (Wildman–Crippen MR) is 71.0 cm³/mol. The molecule has 6 heteroatoms. The van der Waals surface area contributed by atoms with E-state index in [1.54, 1.807) is 18.2 Å². The van der Waals surface area contributed by atoms with Crippen LogP contribution in [0.2, 0.25) is 10.0 Å². The molecule has 1 heterocycles. The normalized spacial score (nSPS) is 10.5. The smallest absolute Gasteiger partial charge is 0.309 e. The van der Waals surface area contributed by atoms with Crippen molar-refractivity contribution in [2.24, 2.45) is 0 Å². The van der Waals surface area contributed by atoms with E-state index in [0.717, 1.165) is 6.20 Å². The monoisotopic (exact) mass is 299 g/mol. The highest BCUT2D eigenvalue weighted by Gasteiger charge is 2.14. The Labute approximate surface area is 118 Å². The minimum Gasteiger partial charge on any atom is -0.481 e. The summed E-state index contributed by atoms with van der Waals surface area (Å²) >= 11 is 11.9. The highest BCUT2D eigenvalue weighted by Crippen LogP contribution is 2.32. The van der Waals surface area contributed by atoms with E-state index in [0.29, 0.717) is 21.2 Å². The molecule has 3 nitrogen and oxygen atoms in total. The van der Waals surface area contributed by atoms with E-state index in [-0.39, 0.29) is 12.1 Å². The first-order chi connectivity index (χ1) is 8.97. The van der Waals surface area contributed by atoms with Crippen LogP contribution in [-0.4, -0.2) is 16.1 Å². The lowest BCUT2D eigenvalue weighted by Crippen LogP contribution is -2.05. The average Bonchev–Trinajstić information content (AvgIpc) is 2.34. The van der Waals surface area contributed by atoms with Crippen LogP contribution in [-0.2, 0) is 11.2 Å². The molecule has 0 aliphatic heterocycles. The van der Waals surface area contributed by atoms with E-state index in [1.165, 1.54) is 6.07 Å². The first-order valence-corrected chi connectivity index (χ1v) is 6.04. The van der Waals surface area contributed by atoms with E-state index < -0.39 is 11.8 Å². The van der Waals surface area contributed by atoms with Crippen molar-refractivity contribution in [3.05, 3.63) is 52.0 Å². The van der Waals surface area contributed by atoms with Gasteiger partial charge in [0.25, 0.3) is 0 Å². The van der Waals surface area contributed by atoms with Crippen molar-refractivity contribution in [1.29, 1.82) is 0 Å². The molecular weight excluding hydrogens is 292 g/mol. The van der Waals surface area contributed by atoms with E-state index in [9.17, 15) is 9.18 Å². The van der Waals surface area contributed by atoms with E-state index in [2.05, 4.69) is 4.98 Å². The standard InChI is InChI=1S/C13H8Cl2FNO2/c14-7-1-2-11(15)9(3-7)10-4-8(16)6-17-12(10)5-13(18)19/h1-4,6H,5H2,(H,18,19). The zero-order valence-corrected chi connectivity index (χ0v) is 11.0. The number of halogens is 3. The molecule has 0 saturated heterocycles. The summed E-state index contributed by atoms with van der Waals surface area (Å²) in [6.45, 7) is 0. The number of pyridine rings is 1. The van der Waals surface area contributed by atoms with Crippen LogP contribution in [0.25, 0.3) is 11.1 Å². The van der Waals surface area contributed by atoms with Crippen LogP contribution in [0.4, 0.5) is 4.39 Å². The Hall–Kier alpha value is -1.65. The molecule has 0 fully saturated rings. The van der Waals surface area contributed by atoms with Gasteiger partial charge >= 0.3 is 5.97 Å². The fourth-order valence-corrected chi connectivity index (χ4v) is 2.08. The summed E-state index contributed by atoms with van der Waals surface area (Å²) in [5, 5.41) is 9.61. The van der Waals surface area contributed by atoms with Crippen LogP contribution in [0.1, 0.15) is 5.69 Å². The molecule has 0 bridgehead atoms. The highest BCUT2D eigenvalue weighted by molar-refractivity contribution is 6.35. The molecule has 0 aliphatic carbocycles. The minimum absolute atomic E-state index is 0.234. The Balaban J connectivity index is 2.62. The summed E-state index contributed by atoms with van der Waals surface area (Å²) in [4.78, 5) is 14.6. The van der Waals surface area contributed by atoms with Crippen molar-refractivity contribution in [3.63, 3.8) is 0 Å². The maximum atomic E-state index is 13.3. The molecule has 0 spiro atoms. The van der Waals surface area contributed by atoms with E-state index in [1.807, 2.05) is 0 Å². The molecule has 1 aromatic heterocycles. The molecule has 2 rings (SSSR count). The molecule has 1 aromatic carbocycles. The zero-order chi connectivity index (χ0) is 14.0. The Morgan fingerprint density at radius 2 is 2.00 bits per heavy atom. The van der Waals surface area contributed by atoms with Gasteiger partial charge in [0.1, 0.15) is 5.82 Å². The molecule has 0 unspecified atom stereocenters. The summed E-state index contributed by atoms with van der Waals surface area (Å²) in [5.41, 5.74) is 1.02. The molecule has 0 saturated carbocycles. The second kappa shape index (κ2) is 5.55. The number of aliphatic carboxylic acids is 1. The number of hydrogen-bond donors (Lipinski definition) is 1. The topological polar surface area (TPSA) is 50.2 Å². The Morgan fingerprint density at radius 3 is 2.68 bits per heavy atom. The number of nitrogens with zero attached hydrogens (tertiary/aromatic N) is 1. The summed E-state index contributed by atoms with van der Waals surface area (Å²) in [5.74, 6) is -1.63. The van der Waals surface area contributed by atoms with Crippen LogP contribution in [0, 0.1) is 5.82 Å². The van der Waals surface area contributed by atoms with Crippen LogP contribution < -0.4 is 0 Å². The van der Waals surface area contributed by atoms with E-state index in [4.69, 9.17) is 28.3 Å². The van der Waals surface area contributed by atoms with Gasteiger partial charge in [-0.05, 0) is 24.3 Å². The molecule has 19 heavy (non-hydrogen) atoms. The maximum Gasteiger partial charge on any atom is 0.309 e.